The first-order valence-electron chi connectivity index (χ1n) is 9.17. The molecule has 0 radical (unpaired) electrons. The van der Waals surface area contributed by atoms with Gasteiger partial charge in [0.05, 0.1) is 11.0 Å². The van der Waals surface area contributed by atoms with Gasteiger partial charge in [-0.3, -0.25) is 4.79 Å². The third kappa shape index (κ3) is 2.79. The Morgan fingerprint density at radius 2 is 1.92 bits per heavy atom. The monoisotopic (exact) mass is 349 g/mol. The molecule has 1 atom stereocenters. The van der Waals surface area contributed by atoms with E-state index in [-0.39, 0.29) is 5.91 Å². The van der Waals surface area contributed by atoms with Crippen LogP contribution < -0.4 is 0 Å². The van der Waals surface area contributed by atoms with Crippen LogP contribution in [0.15, 0.2) is 42.5 Å². The van der Waals surface area contributed by atoms with Crippen LogP contribution in [0.4, 0.5) is 0 Å². The van der Waals surface area contributed by atoms with Crippen LogP contribution in [0, 0.1) is 12.3 Å². The maximum Gasteiger partial charge on any atom is 0.335 e. The molecule has 134 valence electrons. The van der Waals surface area contributed by atoms with E-state index >= 15 is 0 Å². The number of rotatable bonds is 3. The zero-order valence-corrected chi connectivity index (χ0v) is 15.0. The van der Waals surface area contributed by atoms with Gasteiger partial charge in [0.25, 0.3) is 0 Å². The van der Waals surface area contributed by atoms with E-state index in [1.54, 1.807) is 12.1 Å². The summed E-state index contributed by atoms with van der Waals surface area (Å²) in [4.78, 5) is 26.8. The molecule has 0 aromatic heterocycles. The Labute approximate surface area is 153 Å². The second-order valence-electron chi connectivity index (χ2n) is 7.67. The average Bonchev–Trinajstić information content (AvgIpc) is 2.92. The van der Waals surface area contributed by atoms with Gasteiger partial charge in [0.15, 0.2) is 0 Å². The third-order valence-electron chi connectivity index (χ3n) is 5.99. The summed E-state index contributed by atoms with van der Waals surface area (Å²) in [5.41, 5.74) is 4.22. The molecule has 2 aromatic carbocycles. The van der Waals surface area contributed by atoms with Crippen LogP contribution in [0.2, 0.25) is 0 Å². The molecule has 26 heavy (non-hydrogen) atoms. The summed E-state index contributed by atoms with van der Waals surface area (Å²) in [6.45, 7) is 3.44. The number of carbonyl (C=O) groups excluding carboxylic acids is 1. The summed E-state index contributed by atoms with van der Waals surface area (Å²) < 4.78 is 0. The lowest BCUT2D eigenvalue weighted by molar-refractivity contribution is -0.137. The summed E-state index contributed by atoms with van der Waals surface area (Å²) in [7, 11) is 0. The van der Waals surface area contributed by atoms with E-state index in [4.69, 9.17) is 0 Å². The lowest BCUT2D eigenvalue weighted by atomic mass is 9.69. The highest BCUT2D eigenvalue weighted by Crippen LogP contribution is 2.44. The van der Waals surface area contributed by atoms with Crippen LogP contribution in [0.3, 0.4) is 0 Å². The summed E-state index contributed by atoms with van der Waals surface area (Å²) in [5, 5.41) is 9.51. The van der Waals surface area contributed by atoms with Gasteiger partial charge >= 0.3 is 5.97 Å². The molecule has 4 rings (SSSR count). The molecule has 1 aliphatic heterocycles. The SMILES string of the molecule is Cc1ccc(CN2CCC3(CCc4cccc(C(=O)O)c4C3)C2=O)cc1. The molecule has 1 saturated heterocycles. The minimum atomic E-state index is -0.902. The van der Waals surface area contributed by atoms with E-state index in [9.17, 15) is 14.7 Å². The van der Waals surface area contributed by atoms with Crippen molar-refractivity contribution < 1.29 is 14.7 Å². The van der Waals surface area contributed by atoms with E-state index in [2.05, 4.69) is 31.2 Å². The van der Waals surface area contributed by atoms with E-state index in [0.29, 0.717) is 18.5 Å². The molecule has 2 aliphatic rings. The Morgan fingerprint density at radius 3 is 2.65 bits per heavy atom. The average molecular weight is 349 g/mol. The lowest BCUT2D eigenvalue weighted by Gasteiger charge is -2.34. The standard InChI is InChI=1S/C22H23NO3/c1-15-5-7-16(8-6-15)14-23-12-11-22(21(23)26)10-9-17-3-2-4-18(20(24)25)19(17)13-22/h2-8H,9-14H2,1H3,(H,24,25). The number of hydrogen-bond acceptors (Lipinski definition) is 2. The van der Waals surface area contributed by atoms with Crippen LogP contribution in [0.1, 0.15) is 45.5 Å². The van der Waals surface area contributed by atoms with Gasteiger partial charge in [0, 0.05) is 13.1 Å². The Balaban J connectivity index is 1.58. The number of likely N-dealkylation sites (tertiary alicyclic amines) is 1. The quantitative estimate of drug-likeness (QED) is 0.921. The number of carbonyl (C=O) groups is 2. The minimum absolute atomic E-state index is 0.184. The number of aromatic carboxylic acids is 1. The van der Waals surface area contributed by atoms with Crippen molar-refractivity contribution in [1.82, 2.24) is 4.90 Å². The van der Waals surface area contributed by atoms with Crippen LogP contribution in [0.5, 0.6) is 0 Å². The topological polar surface area (TPSA) is 57.6 Å². The molecule has 4 heteroatoms. The first kappa shape index (κ1) is 16.8. The van der Waals surface area contributed by atoms with Crippen LogP contribution in [-0.4, -0.2) is 28.4 Å². The van der Waals surface area contributed by atoms with Gasteiger partial charge in [-0.25, -0.2) is 4.79 Å². The number of carboxylic acids is 1. The van der Waals surface area contributed by atoms with Crippen LogP contribution >= 0.6 is 0 Å². The van der Waals surface area contributed by atoms with Crippen molar-refractivity contribution in [2.24, 2.45) is 5.41 Å². The molecule has 4 nitrogen and oxygen atoms in total. The number of fused-ring (bicyclic) bond motifs is 1. The predicted molar refractivity (Wildman–Crippen MR) is 99.1 cm³/mol. The van der Waals surface area contributed by atoms with Crippen molar-refractivity contribution in [2.45, 2.75) is 39.2 Å². The van der Waals surface area contributed by atoms with Crippen LogP contribution in [0.25, 0.3) is 0 Å². The normalized spacial score (nSPS) is 21.9. The van der Waals surface area contributed by atoms with E-state index in [0.717, 1.165) is 42.5 Å². The smallest absolute Gasteiger partial charge is 0.335 e. The highest BCUT2D eigenvalue weighted by atomic mass is 16.4. The summed E-state index contributed by atoms with van der Waals surface area (Å²) in [5.74, 6) is -0.718. The molecular weight excluding hydrogens is 326 g/mol. The zero-order chi connectivity index (χ0) is 18.3. The van der Waals surface area contributed by atoms with E-state index < -0.39 is 11.4 Å². The summed E-state index contributed by atoms with van der Waals surface area (Å²) >= 11 is 0. The maximum atomic E-state index is 13.2. The van der Waals surface area contributed by atoms with Crippen molar-refractivity contribution in [3.63, 3.8) is 0 Å². The van der Waals surface area contributed by atoms with Gasteiger partial charge < -0.3 is 10.0 Å². The highest BCUT2D eigenvalue weighted by Gasteiger charge is 2.48. The highest BCUT2D eigenvalue weighted by molar-refractivity contribution is 5.91. The van der Waals surface area contributed by atoms with Crippen molar-refractivity contribution in [3.8, 4) is 0 Å². The predicted octanol–water partition coefficient (Wildman–Crippen LogP) is 3.60. The first-order valence-corrected chi connectivity index (χ1v) is 9.17. The van der Waals surface area contributed by atoms with Gasteiger partial charge in [0.1, 0.15) is 0 Å². The van der Waals surface area contributed by atoms with Gasteiger partial charge in [-0.05, 0) is 55.4 Å². The third-order valence-corrected chi connectivity index (χ3v) is 5.99. The van der Waals surface area contributed by atoms with E-state index in [1.807, 2.05) is 11.0 Å². The molecule has 1 spiro atoms. The molecule has 0 saturated carbocycles. The Morgan fingerprint density at radius 1 is 1.15 bits per heavy atom. The van der Waals surface area contributed by atoms with Crippen molar-refractivity contribution in [3.05, 3.63) is 70.3 Å². The second-order valence-corrected chi connectivity index (χ2v) is 7.67. The molecule has 1 N–H and O–H groups in total. The molecule has 1 fully saturated rings. The van der Waals surface area contributed by atoms with Gasteiger partial charge in [-0.1, -0.05) is 42.0 Å². The number of hydrogen-bond donors (Lipinski definition) is 1. The van der Waals surface area contributed by atoms with E-state index in [1.165, 1.54) is 5.56 Å². The second kappa shape index (κ2) is 6.27. The Hall–Kier alpha value is -2.62. The molecule has 1 aliphatic carbocycles. The van der Waals surface area contributed by atoms with Gasteiger partial charge in [-0.2, -0.15) is 0 Å². The Kier molecular flexibility index (Phi) is 4.06. The molecule has 1 unspecified atom stereocenters. The van der Waals surface area contributed by atoms with Gasteiger partial charge in [0.2, 0.25) is 5.91 Å². The number of benzene rings is 2. The van der Waals surface area contributed by atoms with Gasteiger partial charge in [-0.15, -0.1) is 0 Å². The molecular formula is C22H23NO3. The first-order chi connectivity index (χ1) is 12.5. The Bertz CT molecular complexity index is 871. The summed E-state index contributed by atoms with van der Waals surface area (Å²) in [6, 6.07) is 13.8. The molecule has 1 heterocycles. The van der Waals surface area contributed by atoms with Crippen molar-refractivity contribution in [2.75, 3.05) is 6.54 Å². The van der Waals surface area contributed by atoms with Crippen molar-refractivity contribution in [1.29, 1.82) is 0 Å². The van der Waals surface area contributed by atoms with Crippen molar-refractivity contribution >= 4 is 11.9 Å². The largest absolute Gasteiger partial charge is 0.478 e. The molecule has 0 bridgehead atoms. The number of carboxylic acid groups (broad SMARTS) is 1. The molecule has 2 aromatic rings. The van der Waals surface area contributed by atoms with Crippen LogP contribution in [-0.2, 0) is 24.2 Å². The fourth-order valence-electron chi connectivity index (χ4n) is 4.43. The fraction of sp³-hybridized carbons (Fsp3) is 0.364. The number of aryl methyl sites for hydroxylation is 2. The zero-order valence-electron chi connectivity index (χ0n) is 15.0. The lowest BCUT2D eigenvalue weighted by Crippen LogP contribution is -2.39. The maximum absolute atomic E-state index is 13.2. The summed E-state index contributed by atoms with van der Waals surface area (Å²) in [6.07, 6.45) is 2.95. The number of amides is 1. The fourth-order valence-corrected chi connectivity index (χ4v) is 4.43. The molecule has 1 amide bonds. The minimum Gasteiger partial charge on any atom is -0.478 e. The number of nitrogens with zero attached hydrogens (tertiary/aromatic N) is 1.